The van der Waals surface area contributed by atoms with Crippen molar-refractivity contribution in [1.29, 1.82) is 0 Å². The van der Waals surface area contributed by atoms with Gasteiger partial charge in [0.2, 0.25) is 0 Å². The van der Waals surface area contributed by atoms with Crippen molar-refractivity contribution >= 4 is 45.2 Å². The van der Waals surface area contributed by atoms with E-state index in [1.807, 2.05) is 26.0 Å². The van der Waals surface area contributed by atoms with E-state index in [0.29, 0.717) is 49.1 Å². The van der Waals surface area contributed by atoms with Gasteiger partial charge in [-0.05, 0) is 140 Å². The van der Waals surface area contributed by atoms with E-state index in [1.54, 1.807) is 0 Å². The third-order valence-corrected chi connectivity index (χ3v) is 11.7. The van der Waals surface area contributed by atoms with Crippen molar-refractivity contribution in [3.05, 3.63) is 112 Å². The molecule has 4 aromatic rings. The Morgan fingerprint density at radius 2 is 1.02 bits per heavy atom. The van der Waals surface area contributed by atoms with Crippen molar-refractivity contribution in [2.75, 3.05) is 52.9 Å². The molecule has 1 aliphatic carbocycles. The van der Waals surface area contributed by atoms with Crippen LogP contribution in [0.2, 0.25) is 0 Å². The first-order valence-electron chi connectivity index (χ1n) is 16.4. The summed E-state index contributed by atoms with van der Waals surface area (Å²) < 4.78 is 25.7. The summed E-state index contributed by atoms with van der Waals surface area (Å²) in [6.07, 6.45) is 0. The van der Waals surface area contributed by atoms with Crippen LogP contribution in [0.5, 0.6) is 11.5 Å². The number of rotatable bonds is 12. The summed E-state index contributed by atoms with van der Waals surface area (Å²) in [6.45, 7) is 5.77. The maximum atomic E-state index is 10.8. The predicted molar refractivity (Wildman–Crippen MR) is 202 cm³/mol. The zero-order chi connectivity index (χ0) is 34.6. The fraction of sp³-hybridized carbons (Fsp3) is 0.385. The molecule has 4 aromatic carbocycles. The van der Waals surface area contributed by atoms with Crippen LogP contribution in [-0.2, 0) is 28.1 Å². The number of halogens is 2. The topological polar surface area (TPSA) is 118 Å². The molecule has 49 heavy (non-hydrogen) atoms. The molecular formula is C39H40I2O8. The molecule has 258 valence electrons. The van der Waals surface area contributed by atoms with Gasteiger partial charge in [-0.25, -0.2) is 0 Å². The van der Waals surface area contributed by atoms with Gasteiger partial charge in [0.05, 0.1) is 69.1 Å². The van der Waals surface area contributed by atoms with E-state index in [9.17, 15) is 20.4 Å². The molecule has 8 nitrogen and oxygen atoms in total. The molecule has 0 amide bonds. The van der Waals surface area contributed by atoms with Crippen LogP contribution in [0.25, 0.3) is 11.1 Å². The van der Waals surface area contributed by atoms with Gasteiger partial charge in [-0.2, -0.15) is 0 Å². The second-order valence-electron chi connectivity index (χ2n) is 13.9. The molecule has 7 rings (SSSR count). The minimum atomic E-state index is -0.810. The molecule has 4 N–H and O–H groups in total. The number of ether oxygens (including phenoxy) is 4. The first-order valence-corrected chi connectivity index (χ1v) is 18.5. The summed E-state index contributed by atoms with van der Waals surface area (Å²) in [5.74, 6) is 1.22. The Kier molecular flexibility index (Phi) is 9.80. The van der Waals surface area contributed by atoms with Gasteiger partial charge >= 0.3 is 0 Å². The van der Waals surface area contributed by atoms with Crippen molar-refractivity contribution in [2.45, 2.75) is 32.5 Å². The molecule has 0 saturated carbocycles. The highest BCUT2D eigenvalue weighted by molar-refractivity contribution is 14.1. The van der Waals surface area contributed by atoms with E-state index in [0.717, 1.165) is 51.6 Å². The summed E-state index contributed by atoms with van der Waals surface area (Å²) in [7, 11) is 0. The van der Waals surface area contributed by atoms with Gasteiger partial charge in [-0.3, -0.25) is 0 Å². The second kappa shape index (κ2) is 13.7. The number of aliphatic hydroxyl groups excluding tert-OH is 4. The maximum absolute atomic E-state index is 10.8. The standard InChI is InChI=1S/C39H40I2O8/c1-23-7-27(9-25(13-42)35(23)48-21-37(15-44)17-46-18-37)39(33-11-29(40)3-5-31(33)32-6-4-30(41)12-34(32)39)28-8-24(2)36(26(10-28)14-43)49-22-38(16-45)19-47-20-38/h3-12,42-45H,13-22H2,1-2H3. The number of hydrogen-bond acceptors (Lipinski definition) is 8. The van der Waals surface area contributed by atoms with Gasteiger partial charge < -0.3 is 39.4 Å². The minimum absolute atomic E-state index is 0.0342. The quantitative estimate of drug-likeness (QED) is 0.119. The van der Waals surface area contributed by atoms with Crippen LogP contribution in [0, 0.1) is 31.8 Å². The molecule has 3 aliphatic rings. The van der Waals surface area contributed by atoms with Crippen LogP contribution < -0.4 is 9.47 Å². The summed E-state index contributed by atoms with van der Waals surface area (Å²) >= 11 is 4.73. The van der Waals surface area contributed by atoms with E-state index in [2.05, 4.69) is 93.7 Å². The number of benzene rings is 4. The Morgan fingerprint density at radius 3 is 1.35 bits per heavy atom. The summed E-state index contributed by atoms with van der Waals surface area (Å²) in [5, 5.41) is 41.6. The molecule has 0 unspecified atom stereocenters. The smallest absolute Gasteiger partial charge is 0.127 e. The molecule has 2 fully saturated rings. The van der Waals surface area contributed by atoms with Crippen LogP contribution in [-0.4, -0.2) is 73.3 Å². The highest BCUT2D eigenvalue weighted by Gasteiger charge is 2.48. The van der Waals surface area contributed by atoms with Crippen LogP contribution in [0.15, 0.2) is 60.7 Å². The van der Waals surface area contributed by atoms with Gasteiger partial charge in [-0.1, -0.05) is 24.3 Å². The maximum Gasteiger partial charge on any atom is 0.127 e. The average molecular weight is 891 g/mol. The average Bonchev–Trinajstić information content (AvgIpc) is 3.33. The van der Waals surface area contributed by atoms with Gasteiger partial charge in [0.1, 0.15) is 24.7 Å². The number of hydrogen-bond donors (Lipinski definition) is 4. The lowest BCUT2D eigenvalue weighted by Gasteiger charge is -2.40. The third kappa shape index (κ3) is 5.89. The zero-order valence-corrected chi connectivity index (χ0v) is 31.8. The van der Waals surface area contributed by atoms with Crippen LogP contribution >= 0.6 is 45.2 Å². The lowest BCUT2D eigenvalue weighted by Crippen LogP contribution is -2.50. The molecule has 0 aromatic heterocycles. The van der Waals surface area contributed by atoms with Crippen LogP contribution in [0.3, 0.4) is 0 Å². The number of aryl methyl sites for hydroxylation is 2. The van der Waals surface area contributed by atoms with Gasteiger partial charge in [-0.15, -0.1) is 0 Å². The van der Waals surface area contributed by atoms with E-state index in [4.69, 9.17) is 18.9 Å². The lowest BCUT2D eigenvalue weighted by molar-refractivity contribution is -0.153. The van der Waals surface area contributed by atoms with Gasteiger partial charge in [0.15, 0.2) is 0 Å². The molecule has 0 atom stereocenters. The fourth-order valence-electron chi connectivity index (χ4n) is 7.50. The van der Waals surface area contributed by atoms with Crippen molar-refractivity contribution < 1.29 is 39.4 Å². The molecule has 2 aliphatic heterocycles. The Bertz CT molecular complexity index is 1750. The lowest BCUT2D eigenvalue weighted by atomic mass is 9.66. The van der Waals surface area contributed by atoms with E-state index in [1.165, 1.54) is 0 Å². The van der Waals surface area contributed by atoms with Crippen molar-refractivity contribution in [3.8, 4) is 22.6 Å². The van der Waals surface area contributed by atoms with E-state index >= 15 is 0 Å². The summed E-state index contributed by atoms with van der Waals surface area (Å²) in [4.78, 5) is 0. The Balaban J connectivity index is 1.44. The largest absolute Gasteiger partial charge is 0.492 e. The van der Waals surface area contributed by atoms with Crippen molar-refractivity contribution in [1.82, 2.24) is 0 Å². The highest BCUT2D eigenvalue weighted by Crippen LogP contribution is 2.58. The van der Waals surface area contributed by atoms with E-state index in [-0.39, 0.29) is 39.6 Å². The number of aliphatic hydroxyl groups is 4. The predicted octanol–water partition coefficient (Wildman–Crippen LogP) is 5.64. The normalized spacial score (nSPS) is 17.9. The first-order chi connectivity index (χ1) is 23.6. The number of fused-ring (bicyclic) bond motifs is 3. The molecule has 0 radical (unpaired) electrons. The summed E-state index contributed by atoms with van der Waals surface area (Å²) in [5.41, 5.74) is 7.78. The Hall–Kier alpha value is -2.30. The Labute approximate surface area is 313 Å². The first kappa shape index (κ1) is 35.1. The monoisotopic (exact) mass is 890 g/mol. The van der Waals surface area contributed by atoms with Crippen LogP contribution in [0.1, 0.15) is 44.5 Å². The summed E-state index contributed by atoms with van der Waals surface area (Å²) in [6, 6.07) is 21.5. The van der Waals surface area contributed by atoms with E-state index < -0.39 is 16.2 Å². The Morgan fingerprint density at radius 1 is 0.612 bits per heavy atom. The minimum Gasteiger partial charge on any atom is -0.492 e. The molecule has 0 spiro atoms. The molecular weight excluding hydrogens is 850 g/mol. The fourth-order valence-corrected chi connectivity index (χ4v) is 8.49. The molecule has 2 heterocycles. The molecule has 10 heteroatoms. The van der Waals surface area contributed by atoms with Crippen molar-refractivity contribution in [3.63, 3.8) is 0 Å². The second-order valence-corrected chi connectivity index (χ2v) is 16.4. The highest BCUT2D eigenvalue weighted by atomic mass is 127. The zero-order valence-electron chi connectivity index (χ0n) is 27.5. The molecule has 2 saturated heterocycles. The molecule has 0 bridgehead atoms. The van der Waals surface area contributed by atoms with Gasteiger partial charge in [0.25, 0.3) is 0 Å². The van der Waals surface area contributed by atoms with Crippen molar-refractivity contribution in [2.24, 2.45) is 10.8 Å². The van der Waals surface area contributed by atoms with Crippen LogP contribution in [0.4, 0.5) is 0 Å². The third-order valence-electron chi connectivity index (χ3n) is 10.3. The van der Waals surface area contributed by atoms with Gasteiger partial charge in [0, 0.05) is 18.3 Å². The SMILES string of the molecule is Cc1cc(C2(c3cc(C)c(OCC4(CO)COC4)c(CO)c3)c3cc(I)ccc3-c3ccc(I)cc32)cc(CO)c1OCC1(CO)COC1.